The van der Waals surface area contributed by atoms with Crippen molar-refractivity contribution in [1.29, 1.82) is 0 Å². The van der Waals surface area contributed by atoms with E-state index in [1.54, 1.807) is 0 Å². The van der Waals surface area contributed by atoms with Crippen molar-refractivity contribution in [2.24, 2.45) is 0 Å². The number of piperidine rings is 1. The molecule has 1 N–H and O–H groups in total. The van der Waals surface area contributed by atoms with Gasteiger partial charge in [-0.05, 0) is 56.4 Å². The van der Waals surface area contributed by atoms with Crippen molar-refractivity contribution in [3.8, 4) is 11.1 Å². The maximum Gasteiger partial charge on any atom is 0.135 e. The fourth-order valence-corrected chi connectivity index (χ4v) is 4.43. The number of nitrogens with zero attached hydrogens (tertiary/aromatic N) is 2. The van der Waals surface area contributed by atoms with Gasteiger partial charge in [0.25, 0.3) is 0 Å². The van der Waals surface area contributed by atoms with Crippen molar-refractivity contribution in [3.63, 3.8) is 0 Å². The average molecular weight is 381 g/mol. The van der Waals surface area contributed by atoms with Gasteiger partial charge in [-0.3, -0.25) is 0 Å². The first kappa shape index (κ1) is 18.3. The number of benzene rings is 2. The van der Waals surface area contributed by atoms with E-state index in [1.807, 2.05) is 37.3 Å². The summed E-state index contributed by atoms with van der Waals surface area (Å²) in [6, 6.07) is 14.2. The van der Waals surface area contributed by atoms with Gasteiger partial charge in [-0.15, -0.1) is 0 Å². The Hall–Kier alpha value is -2.10. The lowest BCUT2D eigenvalue weighted by molar-refractivity contribution is 0.200. The van der Waals surface area contributed by atoms with Gasteiger partial charge in [-0.2, -0.15) is 0 Å². The Morgan fingerprint density at radius 2 is 1.78 bits per heavy atom. The molecule has 2 heterocycles. The Balaban J connectivity index is 2.10. The first-order chi connectivity index (χ1) is 13.1. The molecule has 0 aliphatic carbocycles. The molecule has 4 heteroatoms. The molecule has 1 atom stereocenters. The lowest BCUT2D eigenvalue weighted by Gasteiger charge is -2.32. The molecule has 4 rings (SSSR count). The zero-order valence-corrected chi connectivity index (χ0v) is 16.6. The summed E-state index contributed by atoms with van der Waals surface area (Å²) in [6.45, 7) is 5.86. The van der Waals surface area contributed by atoms with Crippen LogP contribution >= 0.6 is 11.6 Å². The van der Waals surface area contributed by atoms with Crippen LogP contribution in [0, 0.1) is 6.92 Å². The second-order valence-corrected chi connectivity index (χ2v) is 7.87. The fourth-order valence-electron chi connectivity index (χ4n) is 4.16. The summed E-state index contributed by atoms with van der Waals surface area (Å²) in [6.07, 6.45) is 2.97. The summed E-state index contributed by atoms with van der Waals surface area (Å²) in [4.78, 5) is 7.39. The molecule has 1 aromatic heterocycles. The van der Waals surface area contributed by atoms with E-state index in [0.29, 0.717) is 5.02 Å². The van der Waals surface area contributed by atoms with E-state index in [-0.39, 0.29) is 0 Å². The van der Waals surface area contributed by atoms with E-state index < -0.39 is 6.10 Å². The number of fused-ring (bicyclic) bond motifs is 1. The normalized spacial score (nSPS) is 15.9. The smallest absolute Gasteiger partial charge is 0.135 e. The molecule has 0 amide bonds. The van der Waals surface area contributed by atoms with E-state index >= 15 is 0 Å². The topological polar surface area (TPSA) is 36.4 Å². The maximum absolute atomic E-state index is 10.8. The number of aryl methyl sites for hydroxylation is 1. The minimum Gasteiger partial charge on any atom is -0.389 e. The van der Waals surface area contributed by atoms with Gasteiger partial charge < -0.3 is 10.0 Å². The van der Waals surface area contributed by atoms with Gasteiger partial charge in [-0.25, -0.2) is 4.98 Å². The van der Waals surface area contributed by atoms with Gasteiger partial charge in [0.2, 0.25) is 0 Å². The van der Waals surface area contributed by atoms with E-state index in [4.69, 9.17) is 16.6 Å². The molecule has 1 saturated heterocycles. The number of hydrogen-bond donors (Lipinski definition) is 1. The highest BCUT2D eigenvalue weighted by atomic mass is 35.5. The minimum atomic E-state index is -0.617. The van der Waals surface area contributed by atoms with E-state index in [0.717, 1.165) is 52.1 Å². The monoisotopic (exact) mass is 380 g/mol. The number of anilines is 1. The standard InChI is InChI=1S/C23H25ClN2O/c1-15-13-18(24)14-19-21(17-9-5-3-6-10-17)20(16(2)27)23(25-22(15)19)26-11-7-4-8-12-26/h3,5-6,9-10,13-14,16,27H,4,7-8,11-12H2,1-2H3/t16-/m1/s1. The van der Waals surface area contributed by atoms with Crippen molar-refractivity contribution in [1.82, 2.24) is 4.98 Å². The predicted octanol–water partition coefficient (Wildman–Crippen LogP) is 5.91. The molecule has 1 aliphatic rings. The molecule has 0 bridgehead atoms. The first-order valence-corrected chi connectivity index (χ1v) is 10.1. The molecule has 0 spiro atoms. The summed E-state index contributed by atoms with van der Waals surface area (Å²) in [7, 11) is 0. The SMILES string of the molecule is Cc1cc(Cl)cc2c(-c3ccccc3)c([C@@H](C)O)c(N3CCCCC3)nc12. The van der Waals surface area contributed by atoms with E-state index in [9.17, 15) is 5.11 Å². The van der Waals surface area contributed by atoms with Crippen molar-refractivity contribution < 1.29 is 5.11 Å². The molecule has 1 fully saturated rings. The highest BCUT2D eigenvalue weighted by Gasteiger charge is 2.25. The molecule has 2 aromatic carbocycles. The lowest BCUT2D eigenvalue weighted by Crippen LogP contribution is -2.31. The number of aliphatic hydroxyl groups excluding tert-OH is 1. The van der Waals surface area contributed by atoms with Crippen LogP contribution in [0.15, 0.2) is 42.5 Å². The third-order valence-corrected chi connectivity index (χ3v) is 5.62. The van der Waals surface area contributed by atoms with Crippen LogP contribution < -0.4 is 4.90 Å². The molecule has 27 heavy (non-hydrogen) atoms. The summed E-state index contributed by atoms with van der Waals surface area (Å²) in [5.41, 5.74) is 5.05. The van der Waals surface area contributed by atoms with Crippen molar-refractivity contribution >= 4 is 28.3 Å². The number of rotatable bonds is 3. The Morgan fingerprint density at radius 1 is 1.07 bits per heavy atom. The first-order valence-electron chi connectivity index (χ1n) is 9.68. The quantitative estimate of drug-likeness (QED) is 0.613. The summed E-state index contributed by atoms with van der Waals surface area (Å²) < 4.78 is 0. The van der Waals surface area contributed by atoms with Gasteiger partial charge in [0.05, 0.1) is 11.6 Å². The van der Waals surface area contributed by atoms with Crippen LogP contribution in [0.2, 0.25) is 5.02 Å². The minimum absolute atomic E-state index is 0.617. The van der Waals surface area contributed by atoms with Crippen molar-refractivity contribution in [2.45, 2.75) is 39.2 Å². The number of aliphatic hydroxyl groups is 1. The Morgan fingerprint density at radius 3 is 2.44 bits per heavy atom. The van der Waals surface area contributed by atoms with Crippen LogP contribution in [0.4, 0.5) is 5.82 Å². The second-order valence-electron chi connectivity index (χ2n) is 7.43. The highest BCUT2D eigenvalue weighted by Crippen LogP contribution is 2.42. The summed E-state index contributed by atoms with van der Waals surface area (Å²) >= 11 is 6.40. The number of halogens is 1. The van der Waals surface area contributed by atoms with Gasteiger partial charge in [-0.1, -0.05) is 41.9 Å². The molecular formula is C23H25ClN2O. The van der Waals surface area contributed by atoms with Crippen LogP contribution in [0.5, 0.6) is 0 Å². The molecule has 3 aromatic rings. The van der Waals surface area contributed by atoms with Crippen molar-refractivity contribution in [2.75, 3.05) is 18.0 Å². The highest BCUT2D eigenvalue weighted by molar-refractivity contribution is 6.31. The zero-order valence-electron chi connectivity index (χ0n) is 15.9. The maximum atomic E-state index is 10.8. The zero-order chi connectivity index (χ0) is 19.0. The van der Waals surface area contributed by atoms with E-state index in [2.05, 4.69) is 24.0 Å². The Bertz CT molecular complexity index is 963. The third kappa shape index (κ3) is 3.42. The average Bonchev–Trinajstić information content (AvgIpc) is 2.68. The molecule has 0 unspecified atom stereocenters. The fraction of sp³-hybridized carbons (Fsp3) is 0.348. The van der Waals surface area contributed by atoms with Gasteiger partial charge in [0, 0.05) is 34.6 Å². The number of hydrogen-bond acceptors (Lipinski definition) is 3. The van der Waals surface area contributed by atoms with Gasteiger partial charge in [0.15, 0.2) is 0 Å². The van der Waals surface area contributed by atoms with Crippen LogP contribution in [0.3, 0.4) is 0 Å². The Labute approximate surface area is 165 Å². The van der Waals surface area contributed by atoms with Crippen LogP contribution in [0.25, 0.3) is 22.0 Å². The van der Waals surface area contributed by atoms with Crippen LogP contribution in [0.1, 0.15) is 43.4 Å². The molecule has 0 saturated carbocycles. The van der Waals surface area contributed by atoms with Gasteiger partial charge >= 0.3 is 0 Å². The molecule has 0 radical (unpaired) electrons. The molecular weight excluding hydrogens is 356 g/mol. The largest absolute Gasteiger partial charge is 0.389 e. The number of aromatic nitrogens is 1. The summed E-state index contributed by atoms with van der Waals surface area (Å²) in [5.74, 6) is 0.918. The molecule has 140 valence electrons. The van der Waals surface area contributed by atoms with Crippen LogP contribution in [-0.2, 0) is 0 Å². The Kier molecular flexibility index (Phi) is 5.07. The van der Waals surface area contributed by atoms with E-state index in [1.165, 1.54) is 19.3 Å². The van der Waals surface area contributed by atoms with Crippen molar-refractivity contribution in [3.05, 3.63) is 58.6 Å². The molecule has 3 nitrogen and oxygen atoms in total. The number of pyridine rings is 1. The predicted molar refractivity (Wildman–Crippen MR) is 114 cm³/mol. The molecule has 1 aliphatic heterocycles. The second kappa shape index (κ2) is 7.49. The third-order valence-electron chi connectivity index (χ3n) is 5.40. The lowest BCUT2D eigenvalue weighted by atomic mass is 9.91. The van der Waals surface area contributed by atoms with Crippen LogP contribution in [-0.4, -0.2) is 23.2 Å². The summed E-state index contributed by atoms with van der Waals surface area (Å²) in [5, 5.41) is 12.5. The van der Waals surface area contributed by atoms with Gasteiger partial charge in [0.1, 0.15) is 5.82 Å².